The standard InChI is InChI=1S/C14H12N4O3/c1-2-21-14(20)12-11(16)10(8-15)13(19)18(17-12)9-6-4-3-5-7-9/h3-7H,2,16H2,1H3. The minimum absolute atomic E-state index is 0.131. The van der Waals surface area contributed by atoms with Gasteiger partial charge in [-0.1, -0.05) is 18.2 Å². The van der Waals surface area contributed by atoms with Crippen molar-refractivity contribution in [2.24, 2.45) is 0 Å². The maximum absolute atomic E-state index is 12.2. The van der Waals surface area contributed by atoms with E-state index in [1.807, 2.05) is 0 Å². The second-order valence-corrected chi connectivity index (χ2v) is 4.02. The molecule has 1 aromatic heterocycles. The molecule has 0 amide bonds. The van der Waals surface area contributed by atoms with E-state index in [4.69, 9.17) is 15.7 Å². The van der Waals surface area contributed by atoms with E-state index in [-0.39, 0.29) is 23.6 Å². The largest absolute Gasteiger partial charge is 0.461 e. The second-order valence-electron chi connectivity index (χ2n) is 4.02. The maximum atomic E-state index is 12.2. The number of nitriles is 1. The Morgan fingerprint density at radius 2 is 2.10 bits per heavy atom. The van der Waals surface area contributed by atoms with E-state index in [0.717, 1.165) is 4.68 Å². The first kappa shape index (κ1) is 14.3. The Labute approximate surface area is 120 Å². The molecule has 1 aromatic carbocycles. The highest BCUT2D eigenvalue weighted by molar-refractivity contribution is 5.93. The molecule has 2 rings (SSSR count). The van der Waals surface area contributed by atoms with Crippen molar-refractivity contribution in [3.63, 3.8) is 0 Å². The number of ether oxygens (including phenoxy) is 1. The van der Waals surface area contributed by atoms with Gasteiger partial charge in [-0.2, -0.15) is 15.0 Å². The number of nitrogens with two attached hydrogens (primary N) is 1. The van der Waals surface area contributed by atoms with Crippen LogP contribution in [0.3, 0.4) is 0 Å². The van der Waals surface area contributed by atoms with Crippen LogP contribution in [0.15, 0.2) is 35.1 Å². The van der Waals surface area contributed by atoms with Gasteiger partial charge in [0.25, 0.3) is 5.56 Å². The summed E-state index contributed by atoms with van der Waals surface area (Å²) in [5.74, 6) is -0.781. The molecule has 0 saturated carbocycles. The van der Waals surface area contributed by atoms with Crippen LogP contribution in [0.4, 0.5) is 5.69 Å². The van der Waals surface area contributed by atoms with Crippen molar-refractivity contribution in [1.29, 1.82) is 5.26 Å². The van der Waals surface area contributed by atoms with Crippen LogP contribution >= 0.6 is 0 Å². The molecule has 2 N–H and O–H groups in total. The molecular formula is C14H12N4O3. The van der Waals surface area contributed by atoms with Crippen molar-refractivity contribution >= 4 is 11.7 Å². The van der Waals surface area contributed by atoms with E-state index < -0.39 is 11.5 Å². The molecule has 0 aliphatic carbocycles. The third-order valence-electron chi connectivity index (χ3n) is 2.71. The number of nitrogen functional groups attached to an aromatic ring is 1. The van der Waals surface area contributed by atoms with Gasteiger partial charge in [0.2, 0.25) is 0 Å². The van der Waals surface area contributed by atoms with Crippen LogP contribution in [-0.4, -0.2) is 22.4 Å². The topological polar surface area (TPSA) is 111 Å². The van der Waals surface area contributed by atoms with Gasteiger partial charge in [0.1, 0.15) is 11.6 Å². The summed E-state index contributed by atoms with van der Waals surface area (Å²) in [6.45, 7) is 1.76. The van der Waals surface area contributed by atoms with Crippen molar-refractivity contribution in [2.75, 3.05) is 12.3 Å². The smallest absolute Gasteiger partial charge is 0.361 e. The molecule has 21 heavy (non-hydrogen) atoms. The highest BCUT2D eigenvalue weighted by Crippen LogP contribution is 2.14. The number of hydrogen-bond donors (Lipinski definition) is 1. The van der Waals surface area contributed by atoms with E-state index in [2.05, 4.69) is 5.10 Å². The van der Waals surface area contributed by atoms with Crippen molar-refractivity contribution in [1.82, 2.24) is 9.78 Å². The van der Waals surface area contributed by atoms with Crippen molar-refractivity contribution in [2.45, 2.75) is 6.92 Å². The lowest BCUT2D eigenvalue weighted by Crippen LogP contribution is -2.29. The van der Waals surface area contributed by atoms with Gasteiger partial charge in [0.15, 0.2) is 5.69 Å². The molecule has 106 valence electrons. The van der Waals surface area contributed by atoms with Gasteiger partial charge in [0.05, 0.1) is 18.0 Å². The highest BCUT2D eigenvalue weighted by atomic mass is 16.5. The summed E-state index contributed by atoms with van der Waals surface area (Å²) >= 11 is 0. The van der Waals surface area contributed by atoms with Crippen molar-refractivity contribution in [3.8, 4) is 11.8 Å². The minimum Gasteiger partial charge on any atom is -0.461 e. The Hall–Kier alpha value is -3.14. The van der Waals surface area contributed by atoms with Crippen molar-refractivity contribution in [3.05, 3.63) is 51.9 Å². The van der Waals surface area contributed by atoms with Crippen LogP contribution < -0.4 is 11.3 Å². The molecule has 0 atom stereocenters. The number of carbonyl (C=O) groups is 1. The first-order chi connectivity index (χ1) is 10.1. The third-order valence-corrected chi connectivity index (χ3v) is 2.71. The number of benzene rings is 1. The molecule has 0 unspecified atom stereocenters. The van der Waals surface area contributed by atoms with Gasteiger partial charge >= 0.3 is 5.97 Å². The van der Waals surface area contributed by atoms with Gasteiger partial charge < -0.3 is 10.5 Å². The molecule has 7 nitrogen and oxygen atoms in total. The Bertz CT molecular complexity index is 775. The quantitative estimate of drug-likeness (QED) is 0.837. The summed E-state index contributed by atoms with van der Waals surface area (Å²) in [6, 6.07) is 10.1. The summed E-state index contributed by atoms with van der Waals surface area (Å²) in [4.78, 5) is 24.0. The fourth-order valence-corrected chi connectivity index (χ4v) is 1.74. The maximum Gasteiger partial charge on any atom is 0.361 e. The van der Waals surface area contributed by atoms with E-state index in [9.17, 15) is 9.59 Å². The first-order valence-corrected chi connectivity index (χ1v) is 6.15. The molecule has 0 spiro atoms. The monoisotopic (exact) mass is 284 g/mol. The van der Waals surface area contributed by atoms with Gasteiger partial charge in [-0.25, -0.2) is 4.79 Å². The van der Waals surface area contributed by atoms with E-state index in [1.165, 1.54) is 0 Å². The average molecular weight is 284 g/mol. The SMILES string of the molecule is CCOC(=O)c1nn(-c2ccccc2)c(=O)c(C#N)c1N. The highest BCUT2D eigenvalue weighted by Gasteiger charge is 2.21. The fourth-order valence-electron chi connectivity index (χ4n) is 1.74. The van der Waals surface area contributed by atoms with Crippen LogP contribution in [0.2, 0.25) is 0 Å². The molecule has 0 aliphatic rings. The van der Waals surface area contributed by atoms with Crippen LogP contribution in [0.5, 0.6) is 0 Å². The zero-order valence-electron chi connectivity index (χ0n) is 11.2. The number of para-hydroxylation sites is 1. The van der Waals surface area contributed by atoms with Gasteiger partial charge in [0, 0.05) is 0 Å². The summed E-state index contributed by atoms with van der Waals surface area (Å²) in [7, 11) is 0. The molecular weight excluding hydrogens is 272 g/mol. The van der Waals surface area contributed by atoms with Crippen LogP contribution in [0, 0.1) is 11.3 Å². The summed E-state index contributed by atoms with van der Waals surface area (Å²) in [6.07, 6.45) is 0. The predicted molar refractivity (Wildman–Crippen MR) is 74.9 cm³/mol. The Balaban J connectivity index is 2.73. The van der Waals surface area contributed by atoms with E-state index in [0.29, 0.717) is 5.69 Å². The molecule has 0 radical (unpaired) electrons. The van der Waals surface area contributed by atoms with Crippen LogP contribution in [0.1, 0.15) is 23.0 Å². The average Bonchev–Trinajstić information content (AvgIpc) is 2.49. The van der Waals surface area contributed by atoms with E-state index in [1.54, 1.807) is 43.3 Å². The number of rotatable bonds is 3. The lowest BCUT2D eigenvalue weighted by molar-refractivity contribution is 0.0518. The van der Waals surface area contributed by atoms with E-state index >= 15 is 0 Å². The molecule has 0 fully saturated rings. The zero-order valence-corrected chi connectivity index (χ0v) is 11.2. The molecule has 1 heterocycles. The van der Waals surface area contributed by atoms with Gasteiger partial charge in [-0.3, -0.25) is 4.79 Å². The zero-order chi connectivity index (χ0) is 15.4. The molecule has 2 aromatic rings. The first-order valence-electron chi connectivity index (χ1n) is 6.15. The van der Waals surface area contributed by atoms with Gasteiger partial charge in [-0.05, 0) is 19.1 Å². The normalized spacial score (nSPS) is 9.90. The lowest BCUT2D eigenvalue weighted by Gasteiger charge is -2.10. The summed E-state index contributed by atoms with van der Waals surface area (Å²) in [5.41, 5.74) is 4.55. The Kier molecular flexibility index (Phi) is 4.00. The second kappa shape index (κ2) is 5.88. The summed E-state index contributed by atoms with van der Waals surface area (Å²) < 4.78 is 5.79. The number of aromatic nitrogens is 2. The molecule has 0 bridgehead atoms. The Morgan fingerprint density at radius 3 is 2.67 bits per heavy atom. The van der Waals surface area contributed by atoms with Crippen molar-refractivity contribution < 1.29 is 9.53 Å². The van der Waals surface area contributed by atoms with Crippen LogP contribution in [-0.2, 0) is 4.74 Å². The Morgan fingerprint density at radius 1 is 1.43 bits per heavy atom. The fraction of sp³-hybridized carbons (Fsp3) is 0.143. The predicted octanol–water partition coefficient (Wildman–Crippen LogP) is 0.863. The molecule has 0 aliphatic heterocycles. The number of hydrogen-bond acceptors (Lipinski definition) is 6. The molecule has 7 heteroatoms. The lowest BCUT2D eigenvalue weighted by atomic mass is 10.2. The van der Waals surface area contributed by atoms with Crippen LogP contribution in [0.25, 0.3) is 5.69 Å². The number of nitrogens with zero attached hydrogens (tertiary/aromatic N) is 3. The summed E-state index contributed by atoms with van der Waals surface area (Å²) in [5, 5.41) is 13.0. The third kappa shape index (κ3) is 2.60. The van der Waals surface area contributed by atoms with Gasteiger partial charge in [-0.15, -0.1) is 0 Å². The molecule has 0 saturated heterocycles. The minimum atomic E-state index is -0.781. The number of carbonyl (C=O) groups excluding carboxylic acids is 1. The number of anilines is 1. The number of esters is 1.